The summed E-state index contributed by atoms with van der Waals surface area (Å²) in [6.45, 7) is 2.12. The van der Waals surface area contributed by atoms with E-state index >= 15 is 0 Å². The molecule has 0 atom stereocenters. The highest BCUT2D eigenvalue weighted by atomic mass is 32.2. The maximum atomic E-state index is 13.0. The SMILES string of the molecule is COc1ccc(NS(=O)(=O)c2cc(NC(=O)CCOc3ccccc3C)ccc2OC)cc1. The molecule has 3 aromatic rings. The fourth-order valence-corrected chi connectivity index (χ4v) is 4.28. The van der Waals surface area contributed by atoms with Crippen molar-refractivity contribution in [2.45, 2.75) is 18.2 Å². The maximum absolute atomic E-state index is 13.0. The van der Waals surface area contributed by atoms with Gasteiger partial charge in [-0.2, -0.15) is 0 Å². The second-order valence-electron chi connectivity index (χ2n) is 7.11. The summed E-state index contributed by atoms with van der Waals surface area (Å²) in [5.41, 5.74) is 1.67. The molecule has 2 N–H and O–H groups in total. The van der Waals surface area contributed by atoms with Gasteiger partial charge in [0, 0.05) is 11.4 Å². The monoisotopic (exact) mass is 470 g/mol. The Kier molecular flexibility index (Phi) is 7.78. The van der Waals surface area contributed by atoms with Crippen molar-refractivity contribution in [3.8, 4) is 17.2 Å². The molecule has 0 aliphatic carbocycles. The van der Waals surface area contributed by atoms with Crippen molar-refractivity contribution in [1.82, 2.24) is 0 Å². The Hall–Kier alpha value is -3.72. The van der Waals surface area contributed by atoms with E-state index in [2.05, 4.69) is 10.0 Å². The van der Waals surface area contributed by atoms with Crippen LogP contribution in [0.3, 0.4) is 0 Å². The predicted molar refractivity (Wildman–Crippen MR) is 127 cm³/mol. The summed E-state index contributed by atoms with van der Waals surface area (Å²) in [6, 6.07) is 18.4. The summed E-state index contributed by atoms with van der Waals surface area (Å²) in [7, 11) is -1.08. The molecular weight excluding hydrogens is 444 g/mol. The second kappa shape index (κ2) is 10.7. The molecule has 0 bridgehead atoms. The van der Waals surface area contributed by atoms with Crippen LogP contribution in [0.4, 0.5) is 11.4 Å². The molecule has 0 unspecified atom stereocenters. The van der Waals surface area contributed by atoms with Gasteiger partial charge in [0.15, 0.2) is 0 Å². The first kappa shape index (κ1) is 23.9. The average molecular weight is 471 g/mol. The Balaban J connectivity index is 1.68. The number of para-hydroxylation sites is 1. The van der Waals surface area contributed by atoms with E-state index in [-0.39, 0.29) is 29.6 Å². The molecule has 3 aromatic carbocycles. The summed E-state index contributed by atoms with van der Waals surface area (Å²) in [5.74, 6) is 1.16. The number of hydrogen-bond donors (Lipinski definition) is 2. The van der Waals surface area contributed by atoms with Gasteiger partial charge >= 0.3 is 0 Å². The van der Waals surface area contributed by atoms with Gasteiger partial charge in [-0.15, -0.1) is 0 Å². The van der Waals surface area contributed by atoms with Gasteiger partial charge in [0.1, 0.15) is 22.1 Å². The van der Waals surface area contributed by atoms with Gasteiger partial charge in [-0.1, -0.05) is 18.2 Å². The van der Waals surface area contributed by atoms with Gasteiger partial charge in [0.05, 0.1) is 27.2 Å². The van der Waals surface area contributed by atoms with Crippen LogP contribution in [0, 0.1) is 6.92 Å². The molecule has 0 aromatic heterocycles. The molecule has 1 amide bonds. The summed E-state index contributed by atoms with van der Waals surface area (Å²) in [4.78, 5) is 12.3. The lowest BCUT2D eigenvalue weighted by molar-refractivity contribution is -0.116. The minimum Gasteiger partial charge on any atom is -0.497 e. The predicted octanol–water partition coefficient (Wildman–Crippen LogP) is 4.22. The zero-order chi connectivity index (χ0) is 23.8. The Morgan fingerprint density at radius 3 is 2.24 bits per heavy atom. The molecule has 33 heavy (non-hydrogen) atoms. The van der Waals surface area contributed by atoms with Crippen molar-refractivity contribution in [1.29, 1.82) is 0 Å². The Morgan fingerprint density at radius 2 is 1.58 bits per heavy atom. The Morgan fingerprint density at radius 1 is 0.879 bits per heavy atom. The minimum atomic E-state index is -3.98. The fourth-order valence-electron chi connectivity index (χ4n) is 3.03. The maximum Gasteiger partial charge on any atom is 0.265 e. The topological polar surface area (TPSA) is 103 Å². The summed E-state index contributed by atoms with van der Waals surface area (Å²) in [6.07, 6.45) is 0.104. The highest BCUT2D eigenvalue weighted by Crippen LogP contribution is 2.29. The van der Waals surface area contributed by atoms with Crippen LogP contribution < -0.4 is 24.2 Å². The van der Waals surface area contributed by atoms with Crippen molar-refractivity contribution in [2.75, 3.05) is 30.9 Å². The van der Waals surface area contributed by atoms with Crippen molar-refractivity contribution in [2.24, 2.45) is 0 Å². The number of hydrogen-bond acceptors (Lipinski definition) is 6. The molecule has 0 fully saturated rings. The number of aryl methyl sites for hydroxylation is 1. The van der Waals surface area contributed by atoms with Crippen molar-refractivity contribution < 1.29 is 27.4 Å². The highest BCUT2D eigenvalue weighted by molar-refractivity contribution is 7.92. The lowest BCUT2D eigenvalue weighted by Crippen LogP contribution is -2.17. The van der Waals surface area contributed by atoms with E-state index < -0.39 is 10.0 Å². The van der Waals surface area contributed by atoms with Crippen LogP contribution >= 0.6 is 0 Å². The molecule has 174 valence electrons. The van der Waals surface area contributed by atoms with Crippen molar-refractivity contribution in [3.63, 3.8) is 0 Å². The van der Waals surface area contributed by atoms with E-state index in [0.717, 1.165) is 5.56 Å². The first-order valence-corrected chi connectivity index (χ1v) is 11.6. The lowest BCUT2D eigenvalue weighted by atomic mass is 10.2. The number of rotatable bonds is 10. The number of anilines is 2. The molecule has 0 heterocycles. The molecule has 9 heteroatoms. The molecule has 0 aliphatic heterocycles. The summed E-state index contributed by atoms with van der Waals surface area (Å²) >= 11 is 0. The van der Waals surface area contributed by atoms with Gasteiger partial charge in [-0.05, 0) is 61.0 Å². The molecule has 0 aliphatic rings. The molecule has 0 saturated carbocycles. The Bertz CT molecular complexity index is 1210. The molecule has 0 saturated heterocycles. The number of carbonyl (C=O) groups excluding carboxylic acids is 1. The standard InChI is InChI=1S/C24H26N2O6S/c1-17-6-4-5-7-21(17)32-15-14-24(27)25-19-10-13-22(31-3)23(16-19)33(28,29)26-18-8-11-20(30-2)12-9-18/h4-13,16,26H,14-15H2,1-3H3,(H,25,27). The van der Waals surface area contributed by atoms with E-state index in [4.69, 9.17) is 14.2 Å². The highest BCUT2D eigenvalue weighted by Gasteiger charge is 2.21. The van der Waals surface area contributed by atoms with E-state index in [0.29, 0.717) is 22.9 Å². The fraction of sp³-hybridized carbons (Fsp3) is 0.208. The molecule has 3 rings (SSSR count). The smallest absolute Gasteiger partial charge is 0.265 e. The average Bonchev–Trinajstić information content (AvgIpc) is 2.80. The van der Waals surface area contributed by atoms with E-state index in [1.165, 1.54) is 26.4 Å². The number of carbonyl (C=O) groups is 1. The number of ether oxygens (including phenoxy) is 3. The second-order valence-corrected chi connectivity index (χ2v) is 8.76. The van der Waals surface area contributed by atoms with Crippen LogP contribution in [-0.2, 0) is 14.8 Å². The van der Waals surface area contributed by atoms with Gasteiger partial charge in [0.25, 0.3) is 10.0 Å². The van der Waals surface area contributed by atoms with Gasteiger partial charge < -0.3 is 19.5 Å². The largest absolute Gasteiger partial charge is 0.497 e. The van der Waals surface area contributed by atoms with Crippen LogP contribution in [0.2, 0.25) is 0 Å². The van der Waals surface area contributed by atoms with Crippen LogP contribution in [0.25, 0.3) is 0 Å². The third-order valence-electron chi connectivity index (χ3n) is 4.76. The van der Waals surface area contributed by atoms with Gasteiger partial charge in [-0.3, -0.25) is 9.52 Å². The van der Waals surface area contributed by atoms with Crippen LogP contribution in [0.5, 0.6) is 17.2 Å². The minimum absolute atomic E-state index is 0.102. The van der Waals surface area contributed by atoms with Gasteiger partial charge in [0.2, 0.25) is 5.91 Å². The normalized spacial score (nSPS) is 10.9. The number of sulfonamides is 1. The van der Waals surface area contributed by atoms with Crippen LogP contribution in [-0.4, -0.2) is 35.2 Å². The quantitative estimate of drug-likeness (QED) is 0.460. The molecule has 8 nitrogen and oxygen atoms in total. The van der Waals surface area contributed by atoms with E-state index in [1.807, 2.05) is 31.2 Å². The molecule has 0 spiro atoms. The number of methoxy groups -OCH3 is 2. The van der Waals surface area contributed by atoms with Crippen LogP contribution in [0.15, 0.2) is 71.6 Å². The third-order valence-corrected chi connectivity index (χ3v) is 6.16. The van der Waals surface area contributed by atoms with Gasteiger partial charge in [-0.25, -0.2) is 8.42 Å². The number of amides is 1. The van der Waals surface area contributed by atoms with Crippen molar-refractivity contribution in [3.05, 3.63) is 72.3 Å². The Labute approximate surface area is 193 Å². The van der Waals surface area contributed by atoms with Crippen molar-refractivity contribution >= 4 is 27.3 Å². The third kappa shape index (κ3) is 6.39. The summed E-state index contributed by atoms with van der Waals surface area (Å²) in [5, 5.41) is 2.70. The van der Waals surface area contributed by atoms with Crippen LogP contribution in [0.1, 0.15) is 12.0 Å². The zero-order valence-electron chi connectivity index (χ0n) is 18.6. The zero-order valence-corrected chi connectivity index (χ0v) is 19.4. The summed E-state index contributed by atoms with van der Waals surface area (Å²) < 4.78 is 44.4. The van der Waals surface area contributed by atoms with E-state index in [1.54, 1.807) is 30.3 Å². The first-order valence-electron chi connectivity index (χ1n) is 10.2. The van der Waals surface area contributed by atoms with E-state index in [9.17, 15) is 13.2 Å². The number of nitrogens with one attached hydrogen (secondary N) is 2. The molecule has 0 radical (unpaired) electrons. The number of benzene rings is 3. The molecular formula is C24H26N2O6S. The lowest BCUT2D eigenvalue weighted by Gasteiger charge is -2.14. The first-order chi connectivity index (χ1) is 15.8.